The highest BCUT2D eigenvalue weighted by molar-refractivity contribution is 5.37. The van der Waals surface area contributed by atoms with E-state index in [9.17, 15) is 4.39 Å². The molecular formula is C16H20FN3O. The normalized spacial score (nSPS) is 25.5. The number of benzene rings is 1. The minimum Gasteiger partial charge on any atom is -0.374 e. The maximum atomic E-state index is 13.2. The lowest BCUT2D eigenvalue weighted by Crippen LogP contribution is -2.49. The van der Waals surface area contributed by atoms with Gasteiger partial charge in [-0.05, 0) is 43.1 Å². The zero-order valence-electron chi connectivity index (χ0n) is 12.0. The molecule has 21 heavy (non-hydrogen) atoms. The summed E-state index contributed by atoms with van der Waals surface area (Å²) < 4.78 is 19.1. The number of nitrogens with one attached hydrogen (secondary N) is 1. The zero-order valence-corrected chi connectivity index (χ0v) is 12.0. The fraction of sp³-hybridized carbons (Fsp3) is 0.562. The summed E-state index contributed by atoms with van der Waals surface area (Å²) in [7, 11) is 0. The minimum absolute atomic E-state index is 0.179. The van der Waals surface area contributed by atoms with Crippen molar-refractivity contribution in [2.24, 2.45) is 0 Å². The van der Waals surface area contributed by atoms with Crippen molar-refractivity contribution in [2.75, 3.05) is 26.2 Å². The van der Waals surface area contributed by atoms with E-state index >= 15 is 0 Å². The first-order valence-electron chi connectivity index (χ1n) is 7.51. The second-order valence-corrected chi connectivity index (χ2v) is 5.79. The van der Waals surface area contributed by atoms with E-state index in [1.165, 1.54) is 37.6 Å². The van der Waals surface area contributed by atoms with Crippen LogP contribution in [0.25, 0.3) is 0 Å². The lowest BCUT2D eigenvalue weighted by atomic mass is 10.1. The predicted molar refractivity (Wildman–Crippen MR) is 77.2 cm³/mol. The van der Waals surface area contributed by atoms with Gasteiger partial charge in [0.25, 0.3) is 0 Å². The van der Waals surface area contributed by atoms with Crippen LogP contribution in [0.4, 0.5) is 4.39 Å². The Labute approximate surface area is 124 Å². The molecule has 0 saturated carbocycles. The van der Waals surface area contributed by atoms with E-state index in [1.54, 1.807) is 0 Å². The molecule has 2 aliphatic heterocycles. The monoisotopic (exact) mass is 289 g/mol. The van der Waals surface area contributed by atoms with Crippen molar-refractivity contribution in [1.82, 2.24) is 10.2 Å². The molecule has 2 saturated heterocycles. The topological polar surface area (TPSA) is 48.3 Å². The van der Waals surface area contributed by atoms with Crippen LogP contribution in [0.5, 0.6) is 0 Å². The Morgan fingerprint density at radius 3 is 3.24 bits per heavy atom. The Bertz CT molecular complexity index is 543. The molecular weight excluding hydrogens is 269 g/mol. The number of hydrogen-bond donors (Lipinski definition) is 1. The molecule has 1 aromatic rings. The second kappa shape index (κ2) is 6.52. The number of nitrogens with zero attached hydrogens (tertiary/aromatic N) is 2. The fourth-order valence-electron chi connectivity index (χ4n) is 3.19. The lowest BCUT2D eigenvalue weighted by Gasteiger charge is -2.35. The van der Waals surface area contributed by atoms with Gasteiger partial charge in [-0.3, -0.25) is 4.90 Å². The van der Waals surface area contributed by atoms with E-state index in [2.05, 4.69) is 16.3 Å². The van der Waals surface area contributed by atoms with Gasteiger partial charge in [0.05, 0.1) is 24.3 Å². The predicted octanol–water partition coefficient (Wildman–Crippen LogP) is 1.65. The molecule has 3 rings (SSSR count). The van der Waals surface area contributed by atoms with Gasteiger partial charge in [0.15, 0.2) is 0 Å². The van der Waals surface area contributed by atoms with Gasteiger partial charge in [-0.25, -0.2) is 4.39 Å². The van der Waals surface area contributed by atoms with Gasteiger partial charge in [-0.15, -0.1) is 0 Å². The van der Waals surface area contributed by atoms with E-state index in [0.29, 0.717) is 23.7 Å². The summed E-state index contributed by atoms with van der Waals surface area (Å²) in [5, 5.41) is 12.3. The minimum atomic E-state index is -0.306. The molecule has 1 N–H and O–H groups in total. The molecule has 112 valence electrons. The molecule has 0 spiro atoms. The first kappa shape index (κ1) is 14.5. The van der Waals surface area contributed by atoms with Crippen LogP contribution in [0.15, 0.2) is 18.2 Å². The van der Waals surface area contributed by atoms with E-state index < -0.39 is 0 Å². The van der Waals surface area contributed by atoms with Crippen molar-refractivity contribution >= 4 is 0 Å². The molecule has 2 atom stereocenters. The van der Waals surface area contributed by atoms with Crippen LogP contribution in [0.3, 0.4) is 0 Å². The Hall–Kier alpha value is -1.48. The molecule has 2 heterocycles. The van der Waals surface area contributed by atoms with Crippen molar-refractivity contribution in [3.05, 3.63) is 35.1 Å². The molecule has 2 unspecified atom stereocenters. The summed E-state index contributed by atoms with van der Waals surface area (Å²) in [4.78, 5) is 2.50. The summed E-state index contributed by atoms with van der Waals surface area (Å²) >= 11 is 0. The number of rotatable bonds is 4. The van der Waals surface area contributed by atoms with Crippen molar-refractivity contribution < 1.29 is 9.13 Å². The Kier molecular flexibility index (Phi) is 4.49. The average Bonchev–Trinajstić information content (AvgIpc) is 2.95. The van der Waals surface area contributed by atoms with Gasteiger partial charge >= 0.3 is 0 Å². The Morgan fingerprint density at radius 1 is 1.48 bits per heavy atom. The number of ether oxygens (including phenoxy) is 1. The first-order chi connectivity index (χ1) is 10.3. The zero-order chi connectivity index (χ0) is 14.7. The van der Waals surface area contributed by atoms with E-state index in [0.717, 1.165) is 19.7 Å². The molecule has 2 fully saturated rings. The molecule has 0 radical (unpaired) electrons. The fourth-order valence-corrected chi connectivity index (χ4v) is 3.19. The maximum Gasteiger partial charge on any atom is 0.123 e. The number of morpholine rings is 1. The van der Waals surface area contributed by atoms with Gasteiger partial charge in [0, 0.05) is 25.7 Å². The van der Waals surface area contributed by atoms with Gasteiger partial charge in [0.1, 0.15) is 5.82 Å². The van der Waals surface area contributed by atoms with Crippen molar-refractivity contribution in [2.45, 2.75) is 31.5 Å². The van der Waals surface area contributed by atoms with Crippen LogP contribution < -0.4 is 5.32 Å². The smallest absolute Gasteiger partial charge is 0.123 e. The van der Waals surface area contributed by atoms with E-state index in [4.69, 9.17) is 10.00 Å². The highest BCUT2D eigenvalue weighted by Gasteiger charge is 2.31. The Morgan fingerprint density at radius 2 is 2.38 bits per heavy atom. The molecule has 1 aromatic carbocycles. The SMILES string of the molecule is N#Cc1ccc(F)cc1CNCC1CN2CCCC2CO1. The van der Waals surface area contributed by atoms with E-state index in [-0.39, 0.29) is 11.9 Å². The number of nitriles is 1. The third-order valence-electron chi connectivity index (χ3n) is 4.34. The van der Waals surface area contributed by atoms with Gasteiger partial charge in [-0.2, -0.15) is 5.26 Å². The summed E-state index contributed by atoms with van der Waals surface area (Å²) in [5.74, 6) is -0.306. The lowest BCUT2D eigenvalue weighted by molar-refractivity contribution is -0.0470. The van der Waals surface area contributed by atoms with Crippen LogP contribution in [-0.2, 0) is 11.3 Å². The standard InChI is InChI=1S/C16H20FN3O/c17-14-4-3-12(7-18)13(6-14)8-19-9-16-10-20-5-1-2-15(20)11-21-16/h3-4,6,15-16,19H,1-2,5,8-11H2. The quantitative estimate of drug-likeness (QED) is 0.915. The van der Waals surface area contributed by atoms with Crippen LogP contribution >= 0.6 is 0 Å². The van der Waals surface area contributed by atoms with Crippen molar-refractivity contribution in [3.63, 3.8) is 0 Å². The third-order valence-corrected chi connectivity index (χ3v) is 4.34. The molecule has 2 aliphatic rings. The molecule has 5 heteroatoms. The van der Waals surface area contributed by atoms with Crippen molar-refractivity contribution in [1.29, 1.82) is 5.26 Å². The van der Waals surface area contributed by atoms with Gasteiger partial charge in [-0.1, -0.05) is 0 Å². The highest BCUT2D eigenvalue weighted by Crippen LogP contribution is 2.22. The number of fused-ring (bicyclic) bond motifs is 1. The molecule has 4 nitrogen and oxygen atoms in total. The van der Waals surface area contributed by atoms with Gasteiger partial charge in [0.2, 0.25) is 0 Å². The summed E-state index contributed by atoms with van der Waals surface area (Å²) in [6, 6.07) is 6.97. The van der Waals surface area contributed by atoms with Crippen LogP contribution in [0, 0.1) is 17.1 Å². The highest BCUT2D eigenvalue weighted by atomic mass is 19.1. The second-order valence-electron chi connectivity index (χ2n) is 5.79. The summed E-state index contributed by atoms with van der Waals surface area (Å²) in [6.45, 7) is 4.17. The number of halogens is 1. The van der Waals surface area contributed by atoms with Crippen LogP contribution in [0.2, 0.25) is 0 Å². The van der Waals surface area contributed by atoms with E-state index in [1.807, 2.05) is 0 Å². The molecule has 0 aromatic heterocycles. The maximum absolute atomic E-state index is 13.2. The molecule has 0 bridgehead atoms. The molecule has 0 amide bonds. The largest absolute Gasteiger partial charge is 0.374 e. The number of hydrogen-bond acceptors (Lipinski definition) is 4. The van der Waals surface area contributed by atoms with Crippen LogP contribution in [-0.4, -0.2) is 43.3 Å². The van der Waals surface area contributed by atoms with Crippen LogP contribution in [0.1, 0.15) is 24.0 Å². The summed E-state index contributed by atoms with van der Waals surface area (Å²) in [5.41, 5.74) is 1.22. The Balaban J connectivity index is 1.50. The summed E-state index contributed by atoms with van der Waals surface area (Å²) in [6.07, 6.45) is 2.69. The van der Waals surface area contributed by atoms with Crippen molar-refractivity contribution in [3.8, 4) is 6.07 Å². The molecule has 0 aliphatic carbocycles. The van der Waals surface area contributed by atoms with Gasteiger partial charge < -0.3 is 10.1 Å². The first-order valence-corrected chi connectivity index (χ1v) is 7.51. The average molecular weight is 289 g/mol. The third kappa shape index (κ3) is 3.41.